The number of hydrogen-bond acceptors (Lipinski definition) is 5. The Morgan fingerprint density at radius 2 is 2.00 bits per heavy atom. The molecule has 102 valence electrons. The van der Waals surface area contributed by atoms with Crippen molar-refractivity contribution in [2.24, 2.45) is 5.73 Å². The lowest BCUT2D eigenvalue weighted by Gasteiger charge is -2.17. The molecule has 0 amide bonds. The summed E-state index contributed by atoms with van der Waals surface area (Å²) in [5.41, 5.74) is 8.15. The lowest BCUT2D eigenvalue weighted by molar-refractivity contribution is 0.401. The lowest BCUT2D eigenvalue weighted by atomic mass is 10.1. The van der Waals surface area contributed by atoms with E-state index >= 15 is 0 Å². The molecule has 0 aliphatic rings. The van der Waals surface area contributed by atoms with E-state index in [1.165, 1.54) is 0 Å². The maximum absolute atomic E-state index is 6.08. The average Bonchev–Trinajstić information content (AvgIpc) is 3.12. The predicted molar refractivity (Wildman–Crippen MR) is 79.4 cm³/mol. The molecule has 2 N–H and O–H groups in total. The van der Waals surface area contributed by atoms with Gasteiger partial charge in [-0.1, -0.05) is 30.3 Å². The molecule has 0 aliphatic heterocycles. The van der Waals surface area contributed by atoms with Crippen LogP contribution in [0.3, 0.4) is 0 Å². The van der Waals surface area contributed by atoms with Crippen LogP contribution in [0.25, 0.3) is 11.4 Å². The first-order chi connectivity index (χ1) is 9.75. The van der Waals surface area contributed by atoms with Crippen molar-refractivity contribution in [1.29, 1.82) is 0 Å². The molecule has 2 unspecified atom stereocenters. The first kappa shape index (κ1) is 13.0. The Morgan fingerprint density at radius 1 is 1.20 bits per heavy atom. The van der Waals surface area contributed by atoms with Crippen molar-refractivity contribution in [3.8, 4) is 11.4 Å². The number of rotatable bonds is 4. The van der Waals surface area contributed by atoms with Gasteiger partial charge in [-0.3, -0.25) is 0 Å². The molecule has 0 saturated carbocycles. The maximum Gasteiger partial charge on any atom is 0.204 e. The van der Waals surface area contributed by atoms with Crippen LogP contribution in [0.1, 0.15) is 18.5 Å². The lowest BCUT2D eigenvalue weighted by Crippen LogP contribution is -2.31. The van der Waals surface area contributed by atoms with Gasteiger partial charge in [0.05, 0.1) is 0 Å². The van der Waals surface area contributed by atoms with Gasteiger partial charge in [-0.15, -0.1) is 10.2 Å². The summed E-state index contributed by atoms with van der Waals surface area (Å²) in [6, 6.07) is 11.7. The highest BCUT2D eigenvalue weighted by Gasteiger charge is 2.22. The monoisotopic (exact) mass is 285 g/mol. The van der Waals surface area contributed by atoms with Gasteiger partial charge in [0.1, 0.15) is 6.04 Å². The Hall–Kier alpha value is -2.05. The number of nitrogens with zero attached hydrogens (tertiary/aromatic N) is 4. The second-order valence-electron chi connectivity index (χ2n) is 4.66. The van der Waals surface area contributed by atoms with Gasteiger partial charge in [0.25, 0.3) is 0 Å². The number of nitrogens with two attached hydrogens (primary N) is 1. The zero-order chi connectivity index (χ0) is 13.9. The Balaban J connectivity index is 1.96. The van der Waals surface area contributed by atoms with Crippen LogP contribution in [0.15, 0.2) is 47.2 Å². The molecule has 2 aromatic heterocycles. The molecular formula is C14H15N5S. The van der Waals surface area contributed by atoms with E-state index in [2.05, 4.69) is 20.8 Å². The Kier molecular flexibility index (Phi) is 3.58. The van der Waals surface area contributed by atoms with Gasteiger partial charge in [0, 0.05) is 11.6 Å². The molecule has 3 rings (SSSR count). The summed E-state index contributed by atoms with van der Waals surface area (Å²) in [5, 5.41) is 16.9. The minimum absolute atomic E-state index is 0.0915. The van der Waals surface area contributed by atoms with Crippen molar-refractivity contribution >= 4 is 11.3 Å². The second-order valence-corrected chi connectivity index (χ2v) is 5.44. The van der Waals surface area contributed by atoms with Crippen molar-refractivity contribution in [2.75, 3.05) is 0 Å². The maximum atomic E-state index is 6.08. The summed E-state index contributed by atoms with van der Waals surface area (Å²) in [6.07, 6.45) is 0. The third kappa shape index (κ3) is 2.48. The molecule has 2 heterocycles. The van der Waals surface area contributed by atoms with E-state index in [9.17, 15) is 0 Å². The molecule has 6 heteroatoms. The highest BCUT2D eigenvalue weighted by Crippen LogP contribution is 2.23. The first-order valence-electron chi connectivity index (χ1n) is 6.38. The third-order valence-corrected chi connectivity index (χ3v) is 3.79. The van der Waals surface area contributed by atoms with E-state index in [1.807, 2.05) is 48.7 Å². The summed E-state index contributed by atoms with van der Waals surface area (Å²) < 4.78 is 0. The van der Waals surface area contributed by atoms with Crippen molar-refractivity contribution in [3.63, 3.8) is 0 Å². The van der Waals surface area contributed by atoms with E-state index in [0.717, 1.165) is 11.1 Å². The summed E-state index contributed by atoms with van der Waals surface area (Å²) in [7, 11) is 0. The standard InChI is InChI=1S/C14H15N5S/c1-10(15)13(12-7-8-20-9-12)19-17-14(16-18-19)11-5-3-2-4-6-11/h2-10,13H,15H2,1H3. The van der Waals surface area contributed by atoms with Crippen molar-refractivity contribution in [2.45, 2.75) is 19.0 Å². The Labute approximate surface area is 121 Å². The van der Waals surface area contributed by atoms with Crippen molar-refractivity contribution in [1.82, 2.24) is 20.2 Å². The zero-order valence-corrected chi connectivity index (χ0v) is 11.9. The van der Waals surface area contributed by atoms with E-state index in [4.69, 9.17) is 5.73 Å². The number of hydrogen-bond donors (Lipinski definition) is 1. The molecule has 0 fully saturated rings. The first-order valence-corrected chi connectivity index (χ1v) is 7.32. The van der Waals surface area contributed by atoms with E-state index in [1.54, 1.807) is 16.1 Å². The average molecular weight is 285 g/mol. The summed E-state index contributed by atoms with van der Waals surface area (Å²) in [4.78, 5) is 1.61. The van der Waals surface area contributed by atoms with E-state index in [-0.39, 0.29) is 12.1 Å². The molecule has 20 heavy (non-hydrogen) atoms. The molecule has 3 aromatic rings. The number of tetrazole rings is 1. The van der Waals surface area contributed by atoms with Crippen LogP contribution in [0.4, 0.5) is 0 Å². The summed E-state index contributed by atoms with van der Waals surface area (Å²) in [5.74, 6) is 0.617. The molecular weight excluding hydrogens is 270 g/mol. The largest absolute Gasteiger partial charge is 0.326 e. The van der Waals surface area contributed by atoms with Crippen molar-refractivity contribution in [3.05, 3.63) is 52.7 Å². The molecule has 0 saturated heterocycles. The van der Waals surface area contributed by atoms with Crippen LogP contribution >= 0.6 is 11.3 Å². The minimum Gasteiger partial charge on any atom is -0.326 e. The van der Waals surface area contributed by atoms with Crippen molar-refractivity contribution < 1.29 is 0 Å². The van der Waals surface area contributed by atoms with Crippen LogP contribution in [0.2, 0.25) is 0 Å². The molecule has 0 bridgehead atoms. The fraction of sp³-hybridized carbons (Fsp3) is 0.214. The highest BCUT2D eigenvalue weighted by molar-refractivity contribution is 7.07. The van der Waals surface area contributed by atoms with E-state index in [0.29, 0.717) is 5.82 Å². The van der Waals surface area contributed by atoms with E-state index < -0.39 is 0 Å². The predicted octanol–water partition coefficient (Wildman–Crippen LogP) is 2.34. The molecule has 5 nitrogen and oxygen atoms in total. The fourth-order valence-corrected chi connectivity index (χ4v) is 2.83. The quantitative estimate of drug-likeness (QED) is 0.798. The topological polar surface area (TPSA) is 69.6 Å². The summed E-state index contributed by atoms with van der Waals surface area (Å²) in [6.45, 7) is 1.95. The highest BCUT2D eigenvalue weighted by atomic mass is 32.1. The fourth-order valence-electron chi connectivity index (χ4n) is 2.14. The van der Waals surface area contributed by atoms with Crippen LogP contribution in [0.5, 0.6) is 0 Å². The molecule has 1 aromatic carbocycles. The van der Waals surface area contributed by atoms with Crippen LogP contribution < -0.4 is 5.73 Å². The van der Waals surface area contributed by atoms with Crippen LogP contribution in [-0.4, -0.2) is 26.2 Å². The van der Waals surface area contributed by atoms with Gasteiger partial charge < -0.3 is 5.73 Å². The van der Waals surface area contributed by atoms with Gasteiger partial charge >= 0.3 is 0 Å². The van der Waals surface area contributed by atoms with Gasteiger partial charge in [0.15, 0.2) is 0 Å². The Morgan fingerprint density at radius 3 is 2.65 bits per heavy atom. The minimum atomic E-state index is -0.0950. The third-order valence-electron chi connectivity index (χ3n) is 3.09. The van der Waals surface area contributed by atoms with Gasteiger partial charge in [-0.25, -0.2) is 0 Å². The normalized spacial score (nSPS) is 14.1. The van der Waals surface area contributed by atoms with Gasteiger partial charge in [-0.05, 0) is 34.5 Å². The second kappa shape index (κ2) is 5.52. The molecule has 0 spiro atoms. The number of aromatic nitrogens is 4. The SMILES string of the molecule is CC(N)C(c1ccsc1)n1nnc(-c2ccccc2)n1. The Bertz CT molecular complexity index is 660. The molecule has 0 radical (unpaired) electrons. The van der Waals surface area contributed by atoms with Gasteiger partial charge in [-0.2, -0.15) is 16.1 Å². The van der Waals surface area contributed by atoms with Gasteiger partial charge in [0.2, 0.25) is 5.82 Å². The van der Waals surface area contributed by atoms with Crippen LogP contribution in [0, 0.1) is 0 Å². The number of thiophene rings is 1. The molecule has 2 atom stereocenters. The molecule has 0 aliphatic carbocycles. The smallest absolute Gasteiger partial charge is 0.204 e. The number of benzene rings is 1. The zero-order valence-electron chi connectivity index (χ0n) is 11.0. The summed E-state index contributed by atoms with van der Waals surface area (Å²) >= 11 is 1.64. The van der Waals surface area contributed by atoms with Crippen LogP contribution in [-0.2, 0) is 0 Å².